The van der Waals surface area contributed by atoms with Crippen molar-refractivity contribution in [2.24, 2.45) is 0 Å². The topological polar surface area (TPSA) is 41.1 Å². The minimum Gasteiger partial charge on any atom is -0.325 e. The quantitative estimate of drug-likeness (QED) is 0.785. The lowest BCUT2D eigenvalue weighted by molar-refractivity contribution is -0.143. The van der Waals surface area contributed by atoms with Gasteiger partial charge in [-0.25, -0.2) is 0 Å². The fourth-order valence-electron chi connectivity index (χ4n) is 2.16. The van der Waals surface area contributed by atoms with Crippen molar-refractivity contribution in [2.75, 3.05) is 11.9 Å². The molecule has 1 aromatic rings. The molecule has 3 nitrogen and oxygen atoms in total. The van der Waals surface area contributed by atoms with Gasteiger partial charge < -0.3 is 10.6 Å². The van der Waals surface area contributed by atoms with E-state index in [4.69, 9.17) is 0 Å². The third-order valence-corrected chi connectivity index (χ3v) is 3.23. The highest BCUT2D eigenvalue weighted by molar-refractivity contribution is 5.95. The van der Waals surface area contributed by atoms with Crippen LogP contribution in [-0.2, 0) is 17.1 Å². The Bertz CT molecular complexity index is 534. The SMILES string of the molecule is Cl.O=C(Nc1cc(C(F)(F)F)cc(C(F)(F)F)c1)C1CCCN1. The zero-order chi connectivity index (χ0) is 16.5. The number of hydrogen-bond acceptors (Lipinski definition) is 2. The Hall–Kier alpha value is -1.48. The van der Waals surface area contributed by atoms with E-state index in [-0.39, 0.29) is 18.5 Å². The molecule has 1 heterocycles. The number of anilines is 1. The van der Waals surface area contributed by atoms with Crippen LogP contribution >= 0.6 is 12.4 Å². The maximum absolute atomic E-state index is 12.7. The number of benzene rings is 1. The van der Waals surface area contributed by atoms with Gasteiger partial charge in [-0.15, -0.1) is 12.4 Å². The number of amides is 1. The summed E-state index contributed by atoms with van der Waals surface area (Å²) in [6, 6.07) is 0.386. The maximum atomic E-state index is 12.7. The zero-order valence-corrected chi connectivity index (χ0v) is 12.3. The van der Waals surface area contributed by atoms with Crippen LogP contribution in [0.4, 0.5) is 32.0 Å². The molecule has 1 amide bonds. The van der Waals surface area contributed by atoms with Gasteiger partial charge in [-0.2, -0.15) is 26.3 Å². The van der Waals surface area contributed by atoms with Gasteiger partial charge in [0.25, 0.3) is 0 Å². The summed E-state index contributed by atoms with van der Waals surface area (Å²) in [7, 11) is 0. The smallest absolute Gasteiger partial charge is 0.325 e. The summed E-state index contributed by atoms with van der Waals surface area (Å²) in [5.41, 5.74) is -3.45. The molecule has 130 valence electrons. The van der Waals surface area contributed by atoms with E-state index in [9.17, 15) is 31.1 Å². The molecule has 1 aromatic carbocycles. The van der Waals surface area contributed by atoms with E-state index in [1.54, 1.807) is 0 Å². The minimum absolute atomic E-state index is 0. The Morgan fingerprint density at radius 3 is 1.96 bits per heavy atom. The minimum atomic E-state index is -4.94. The molecular weight excluding hydrogens is 350 g/mol. The Kier molecular flexibility index (Phi) is 5.92. The first-order valence-corrected chi connectivity index (χ1v) is 6.41. The average Bonchev–Trinajstić information content (AvgIpc) is 2.90. The highest BCUT2D eigenvalue weighted by atomic mass is 35.5. The predicted molar refractivity (Wildman–Crippen MR) is 73.3 cm³/mol. The molecule has 1 aliphatic heterocycles. The number of carbonyl (C=O) groups is 1. The number of alkyl halides is 6. The fraction of sp³-hybridized carbons (Fsp3) is 0.462. The van der Waals surface area contributed by atoms with Gasteiger partial charge in [0.05, 0.1) is 17.2 Å². The van der Waals surface area contributed by atoms with Crippen molar-refractivity contribution >= 4 is 24.0 Å². The predicted octanol–water partition coefficient (Wildman–Crippen LogP) is 3.84. The second-order valence-electron chi connectivity index (χ2n) is 4.93. The van der Waals surface area contributed by atoms with Crippen LogP contribution < -0.4 is 10.6 Å². The van der Waals surface area contributed by atoms with E-state index in [0.717, 1.165) is 0 Å². The van der Waals surface area contributed by atoms with Crippen LogP contribution in [0, 0.1) is 0 Å². The van der Waals surface area contributed by atoms with Crippen LogP contribution in [0.3, 0.4) is 0 Å². The second-order valence-corrected chi connectivity index (χ2v) is 4.93. The number of halogens is 7. The van der Waals surface area contributed by atoms with Gasteiger partial charge >= 0.3 is 12.4 Å². The largest absolute Gasteiger partial charge is 0.416 e. The average molecular weight is 363 g/mol. The van der Waals surface area contributed by atoms with E-state index < -0.39 is 41.1 Å². The molecular formula is C13H13ClF6N2O. The lowest BCUT2D eigenvalue weighted by Gasteiger charge is -2.16. The molecule has 0 spiro atoms. The van der Waals surface area contributed by atoms with Crippen molar-refractivity contribution in [3.8, 4) is 0 Å². The molecule has 0 radical (unpaired) electrons. The Balaban J connectivity index is 0.00000264. The van der Waals surface area contributed by atoms with Gasteiger partial charge in [-0.05, 0) is 37.6 Å². The summed E-state index contributed by atoms with van der Waals surface area (Å²) in [6.07, 6.45) is -8.68. The van der Waals surface area contributed by atoms with Gasteiger partial charge in [-0.1, -0.05) is 0 Å². The fourth-order valence-corrected chi connectivity index (χ4v) is 2.16. The Labute approximate surface area is 133 Å². The van der Waals surface area contributed by atoms with Gasteiger partial charge in [0, 0.05) is 5.69 Å². The molecule has 1 fully saturated rings. The summed E-state index contributed by atoms with van der Waals surface area (Å²) < 4.78 is 76.1. The van der Waals surface area contributed by atoms with Crippen molar-refractivity contribution in [3.05, 3.63) is 29.3 Å². The summed E-state index contributed by atoms with van der Waals surface area (Å²) >= 11 is 0. The van der Waals surface area contributed by atoms with E-state index in [0.29, 0.717) is 31.5 Å². The third-order valence-electron chi connectivity index (χ3n) is 3.23. The van der Waals surface area contributed by atoms with Crippen LogP contribution in [0.15, 0.2) is 18.2 Å². The molecule has 23 heavy (non-hydrogen) atoms. The van der Waals surface area contributed by atoms with Crippen molar-refractivity contribution in [2.45, 2.75) is 31.2 Å². The molecule has 0 saturated carbocycles. The van der Waals surface area contributed by atoms with E-state index in [1.807, 2.05) is 0 Å². The lowest BCUT2D eigenvalue weighted by atomic mass is 10.1. The monoisotopic (exact) mass is 362 g/mol. The molecule has 2 N–H and O–H groups in total. The molecule has 1 atom stereocenters. The van der Waals surface area contributed by atoms with Gasteiger partial charge in [-0.3, -0.25) is 4.79 Å². The molecule has 0 bridgehead atoms. The van der Waals surface area contributed by atoms with Crippen LogP contribution in [0.2, 0.25) is 0 Å². The zero-order valence-electron chi connectivity index (χ0n) is 11.5. The van der Waals surface area contributed by atoms with Gasteiger partial charge in [0.15, 0.2) is 0 Å². The van der Waals surface area contributed by atoms with Crippen LogP contribution in [0.1, 0.15) is 24.0 Å². The first kappa shape index (κ1) is 19.6. The van der Waals surface area contributed by atoms with Crippen molar-refractivity contribution in [1.29, 1.82) is 0 Å². The number of rotatable bonds is 2. The molecule has 1 unspecified atom stereocenters. The summed E-state index contributed by atoms with van der Waals surface area (Å²) in [5.74, 6) is -0.648. The van der Waals surface area contributed by atoms with Gasteiger partial charge in [0.2, 0.25) is 5.91 Å². The van der Waals surface area contributed by atoms with Crippen LogP contribution in [-0.4, -0.2) is 18.5 Å². The first-order chi connectivity index (χ1) is 10.1. The highest BCUT2D eigenvalue weighted by Crippen LogP contribution is 2.37. The lowest BCUT2D eigenvalue weighted by Crippen LogP contribution is -2.35. The summed E-state index contributed by atoms with van der Waals surface area (Å²) in [6.45, 7) is 0.578. The number of nitrogens with one attached hydrogen (secondary N) is 2. The number of hydrogen-bond donors (Lipinski definition) is 2. The Morgan fingerprint density at radius 1 is 1.04 bits per heavy atom. The van der Waals surface area contributed by atoms with Crippen molar-refractivity contribution < 1.29 is 31.1 Å². The number of carbonyl (C=O) groups excluding carboxylic acids is 1. The van der Waals surface area contributed by atoms with Crippen molar-refractivity contribution in [3.63, 3.8) is 0 Å². The second kappa shape index (κ2) is 6.96. The Morgan fingerprint density at radius 2 is 1.57 bits per heavy atom. The third kappa shape index (κ3) is 5.00. The van der Waals surface area contributed by atoms with Crippen molar-refractivity contribution in [1.82, 2.24) is 5.32 Å². The molecule has 0 aliphatic carbocycles. The molecule has 10 heteroatoms. The maximum Gasteiger partial charge on any atom is 0.416 e. The van der Waals surface area contributed by atoms with E-state index in [2.05, 4.69) is 10.6 Å². The highest BCUT2D eigenvalue weighted by Gasteiger charge is 2.37. The summed E-state index contributed by atoms with van der Waals surface area (Å²) in [5, 5.41) is 4.92. The molecule has 1 saturated heterocycles. The normalized spacial score (nSPS) is 18.4. The molecule has 1 aliphatic rings. The summed E-state index contributed by atoms with van der Waals surface area (Å²) in [4.78, 5) is 11.8. The van der Waals surface area contributed by atoms with E-state index in [1.165, 1.54) is 0 Å². The van der Waals surface area contributed by atoms with Gasteiger partial charge in [0.1, 0.15) is 0 Å². The molecule has 2 rings (SSSR count). The van der Waals surface area contributed by atoms with Crippen LogP contribution in [0.5, 0.6) is 0 Å². The first-order valence-electron chi connectivity index (χ1n) is 6.41. The standard InChI is InChI=1S/C13H12F6N2O.ClH/c14-12(15,16)7-4-8(13(17,18)19)6-9(5-7)21-11(22)10-2-1-3-20-10;/h4-6,10,20H,1-3H2,(H,21,22);1H. The van der Waals surface area contributed by atoms with Crippen LogP contribution in [0.25, 0.3) is 0 Å². The van der Waals surface area contributed by atoms with E-state index >= 15 is 0 Å². The molecule has 0 aromatic heterocycles.